The van der Waals surface area contributed by atoms with E-state index in [-0.39, 0.29) is 12.1 Å². The van der Waals surface area contributed by atoms with Gasteiger partial charge in [0.1, 0.15) is 0 Å². The molecule has 1 saturated heterocycles. The van der Waals surface area contributed by atoms with Crippen LogP contribution in [-0.2, 0) is 19.4 Å². The molecule has 1 amide bonds. The first-order valence-corrected chi connectivity index (χ1v) is 11.3. The third-order valence-corrected chi connectivity index (χ3v) is 6.17. The van der Waals surface area contributed by atoms with Crippen molar-refractivity contribution >= 4 is 5.91 Å². The number of benzene rings is 2. The molecule has 2 atom stereocenters. The highest BCUT2D eigenvalue weighted by Gasteiger charge is 2.38. The topological polar surface area (TPSA) is 59.0 Å². The molecule has 2 aromatic carbocycles. The van der Waals surface area contributed by atoms with Gasteiger partial charge >= 0.3 is 12.4 Å². The van der Waals surface area contributed by atoms with Gasteiger partial charge < -0.3 is 10.6 Å². The van der Waals surface area contributed by atoms with Gasteiger partial charge in [-0.3, -0.25) is 9.48 Å². The molecule has 5 nitrogen and oxygen atoms in total. The number of aromatic nitrogens is 2. The Labute approximate surface area is 203 Å². The molecule has 192 valence electrons. The molecule has 0 aliphatic carbocycles. The SMILES string of the molecule is Cn1cc(-c2cccc([C@H](NC(=O)c3cc(C(F)(F)F)cc(C(F)(F)F)c3)[C@@H]3CCCCN3)c2)cn1. The molecule has 1 fully saturated rings. The van der Waals surface area contributed by atoms with Gasteiger partial charge in [0.15, 0.2) is 0 Å². The van der Waals surface area contributed by atoms with E-state index in [1.54, 1.807) is 30.1 Å². The van der Waals surface area contributed by atoms with E-state index in [2.05, 4.69) is 15.7 Å². The maximum absolute atomic E-state index is 13.3. The molecular formula is C25H24F6N4O. The summed E-state index contributed by atoms with van der Waals surface area (Å²) in [5, 5.41) is 10.2. The highest BCUT2D eigenvalue weighted by atomic mass is 19.4. The third kappa shape index (κ3) is 5.89. The number of piperidine rings is 1. The van der Waals surface area contributed by atoms with Gasteiger partial charge in [0.25, 0.3) is 5.91 Å². The average Bonchev–Trinajstić information content (AvgIpc) is 3.28. The minimum absolute atomic E-state index is 0.00826. The van der Waals surface area contributed by atoms with Gasteiger partial charge in [-0.1, -0.05) is 24.6 Å². The normalized spacial score (nSPS) is 17.6. The molecule has 3 aromatic rings. The Morgan fingerprint density at radius 2 is 1.72 bits per heavy atom. The predicted octanol–water partition coefficient (Wildman–Crippen LogP) is 5.74. The van der Waals surface area contributed by atoms with Crippen LogP contribution in [-0.4, -0.2) is 28.3 Å². The molecular weight excluding hydrogens is 486 g/mol. The van der Waals surface area contributed by atoms with Crippen LogP contribution in [0.3, 0.4) is 0 Å². The smallest absolute Gasteiger partial charge is 0.344 e. The minimum atomic E-state index is -5.04. The average molecular weight is 510 g/mol. The first kappa shape index (κ1) is 25.7. The van der Waals surface area contributed by atoms with Crippen LogP contribution in [0.15, 0.2) is 54.9 Å². The Hall–Kier alpha value is -3.34. The maximum Gasteiger partial charge on any atom is 0.416 e. The second-order valence-corrected chi connectivity index (χ2v) is 8.83. The number of carbonyl (C=O) groups is 1. The molecule has 36 heavy (non-hydrogen) atoms. The predicted molar refractivity (Wildman–Crippen MR) is 121 cm³/mol. The largest absolute Gasteiger partial charge is 0.416 e. The van der Waals surface area contributed by atoms with Crippen molar-refractivity contribution in [3.05, 3.63) is 77.1 Å². The fourth-order valence-electron chi connectivity index (χ4n) is 4.37. The van der Waals surface area contributed by atoms with E-state index in [1.807, 2.05) is 18.3 Å². The number of aryl methyl sites for hydroxylation is 1. The van der Waals surface area contributed by atoms with Gasteiger partial charge in [-0.05, 0) is 54.8 Å². The van der Waals surface area contributed by atoms with Crippen LogP contribution in [0.4, 0.5) is 26.3 Å². The van der Waals surface area contributed by atoms with Crippen molar-refractivity contribution in [1.29, 1.82) is 0 Å². The fraction of sp³-hybridized carbons (Fsp3) is 0.360. The summed E-state index contributed by atoms with van der Waals surface area (Å²) in [6.45, 7) is 0.682. The van der Waals surface area contributed by atoms with Crippen LogP contribution in [0.5, 0.6) is 0 Å². The van der Waals surface area contributed by atoms with Crippen molar-refractivity contribution in [1.82, 2.24) is 20.4 Å². The second-order valence-electron chi connectivity index (χ2n) is 8.83. The molecule has 11 heteroatoms. The Kier molecular flexibility index (Phi) is 7.12. The van der Waals surface area contributed by atoms with E-state index in [0.29, 0.717) is 30.7 Å². The first-order valence-electron chi connectivity index (χ1n) is 11.3. The summed E-state index contributed by atoms with van der Waals surface area (Å²) in [7, 11) is 1.77. The van der Waals surface area contributed by atoms with Gasteiger partial charge in [-0.2, -0.15) is 31.4 Å². The van der Waals surface area contributed by atoms with Crippen molar-refractivity contribution < 1.29 is 31.1 Å². The summed E-state index contributed by atoms with van der Waals surface area (Å²) in [5.74, 6) is -1.02. The number of hydrogen-bond donors (Lipinski definition) is 2. The number of nitrogens with one attached hydrogen (secondary N) is 2. The van der Waals surface area contributed by atoms with Crippen molar-refractivity contribution in [3.63, 3.8) is 0 Å². The lowest BCUT2D eigenvalue weighted by Crippen LogP contribution is -2.46. The van der Waals surface area contributed by atoms with Gasteiger partial charge in [-0.15, -0.1) is 0 Å². The van der Waals surface area contributed by atoms with Crippen molar-refractivity contribution in [2.75, 3.05) is 6.54 Å². The fourth-order valence-corrected chi connectivity index (χ4v) is 4.37. The number of halogens is 6. The van der Waals surface area contributed by atoms with E-state index >= 15 is 0 Å². The lowest BCUT2D eigenvalue weighted by atomic mass is 9.90. The van der Waals surface area contributed by atoms with E-state index in [0.717, 1.165) is 24.0 Å². The van der Waals surface area contributed by atoms with Crippen molar-refractivity contribution in [2.45, 2.75) is 43.7 Å². The Morgan fingerprint density at radius 3 is 2.28 bits per heavy atom. The van der Waals surface area contributed by atoms with Crippen LogP contribution < -0.4 is 10.6 Å². The molecule has 0 spiro atoms. The molecule has 0 saturated carbocycles. The van der Waals surface area contributed by atoms with Gasteiger partial charge in [0.05, 0.1) is 23.4 Å². The standard InChI is InChI=1S/C25H24F6N4O/c1-35-14-18(13-33-35)15-5-4-6-16(9-15)22(21-7-2-3-8-32-21)34-23(36)17-10-19(24(26,27)28)12-20(11-17)25(29,30)31/h4-6,9-14,21-22,32H,2-3,7-8H2,1H3,(H,34,36)/t21-,22-/m0/s1. The number of amides is 1. The minimum Gasteiger partial charge on any atom is -0.344 e. The summed E-state index contributed by atoms with van der Waals surface area (Å²) in [6, 6.07) is 7.22. The van der Waals surface area contributed by atoms with E-state index in [4.69, 9.17) is 0 Å². The molecule has 4 rings (SSSR count). The summed E-state index contributed by atoms with van der Waals surface area (Å²) in [6.07, 6.45) is -4.13. The summed E-state index contributed by atoms with van der Waals surface area (Å²) in [4.78, 5) is 13.1. The maximum atomic E-state index is 13.3. The zero-order chi connectivity index (χ0) is 26.1. The molecule has 2 heterocycles. The van der Waals surface area contributed by atoms with Crippen LogP contribution in [0.25, 0.3) is 11.1 Å². The number of nitrogens with zero attached hydrogens (tertiary/aromatic N) is 2. The molecule has 1 aliphatic heterocycles. The first-order chi connectivity index (χ1) is 16.9. The number of hydrogen-bond acceptors (Lipinski definition) is 3. The zero-order valence-electron chi connectivity index (χ0n) is 19.2. The molecule has 0 unspecified atom stereocenters. The van der Waals surface area contributed by atoms with Gasteiger partial charge in [0.2, 0.25) is 0 Å². The number of carbonyl (C=O) groups excluding carboxylic acids is 1. The Balaban J connectivity index is 1.71. The molecule has 0 bridgehead atoms. The quantitative estimate of drug-likeness (QED) is 0.431. The Morgan fingerprint density at radius 1 is 1.03 bits per heavy atom. The number of alkyl halides is 6. The third-order valence-electron chi connectivity index (χ3n) is 6.17. The van der Waals surface area contributed by atoms with Crippen LogP contribution >= 0.6 is 0 Å². The van der Waals surface area contributed by atoms with E-state index < -0.39 is 41.0 Å². The zero-order valence-corrected chi connectivity index (χ0v) is 19.2. The lowest BCUT2D eigenvalue weighted by Gasteiger charge is -2.32. The van der Waals surface area contributed by atoms with Crippen LogP contribution in [0.2, 0.25) is 0 Å². The van der Waals surface area contributed by atoms with Gasteiger partial charge in [0, 0.05) is 30.4 Å². The van der Waals surface area contributed by atoms with Crippen LogP contribution in [0.1, 0.15) is 52.4 Å². The highest BCUT2D eigenvalue weighted by molar-refractivity contribution is 5.95. The number of rotatable bonds is 5. The van der Waals surface area contributed by atoms with Crippen molar-refractivity contribution in [3.8, 4) is 11.1 Å². The monoisotopic (exact) mass is 510 g/mol. The van der Waals surface area contributed by atoms with Gasteiger partial charge in [-0.25, -0.2) is 0 Å². The van der Waals surface area contributed by atoms with E-state index in [1.165, 1.54) is 0 Å². The Bertz CT molecular complexity index is 1200. The van der Waals surface area contributed by atoms with E-state index in [9.17, 15) is 31.1 Å². The molecule has 1 aromatic heterocycles. The highest BCUT2D eigenvalue weighted by Crippen LogP contribution is 2.36. The molecule has 1 aliphatic rings. The van der Waals surface area contributed by atoms with Crippen molar-refractivity contribution in [2.24, 2.45) is 7.05 Å². The molecule has 0 radical (unpaired) electrons. The summed E-state index contributed by atoms with van der Waals surface area (Å²) >= 11 is 0. The van der Waals surface area contributed by atoms with Crippen LogP contribution in [0, 0.1) is 0 Å². The molecule has 2 N–H and O–H groups in total. The second kappa shape index (κ2) is 9.96. The summed E-state index contributed by atoms with van der Waals surface area (Å²) < 4.78 is 81.5. The summed E-state index contributed by atoms with van der Waals surface area (Å²) in [5.41, 5.74) is -1.46. The lowest BCUT2D eigenvalue weighted by molar-refractivity contribution is -0.143.